The molecule has 146 valence electrons. The summed E-state index contributed by atoms with van der Waals surface area (Å²) < 4.78 is 16.7. The van der Waals surface area contributed by atoms with E-state index in [2.05, 4.69) is 17.9 Å². The molecule has 2 fully saturated rings. The number of rotatable bonds is 2. The minimum absolute atomic E-state index is 0.0511. The van der Waals surface area contributed by atoms with Crippen LogP contribution in [0.2, 0.25) is 0 Å². The summed E-state index contributed by atoms with van der Waals surface area (Å²) in [7, 11) is 4.63. The Morgan fingerprint density at radius 2 is 1.85 bits per heavy atom. The lowest BCUT2D eigenvalue weighted by Gasteiger charge is -2.56. The molecular formula is C21H27NO5. The summed E-state index contributed by atoms with van der Waals surface area (Å²) in [5.74, 6) is -0.943. The average molecular weight is 373 g/mol. The van der Waals surface area contributed by atoms with Crippen LogP contribution in [0.3, 0.4) is 0 Å². The summed E-state index contributed by atoms with van der Waals surface area (Å²) in [6.07, 6.45) is 2.19. The molecule has 0 radical (unpaired) electrons. The average Bonchev–Trinajstić information content (AvgIpc) is 2.95. The van der Waals surface area contributed by atoms with Crippen LogP contribution in [-0.4, -0.2) is 52.0 Å². The highest BCUT2D eigenvalue weighted by Crippen LogP contribution is 2.61. The van der Waals surface area contributed by atoms with Gasteiger partial charge in [-0.05, 0) is 36.8 Å². The Hall–Kier alpha value is -2.08. The zero-order valence-electron chi connectivity index (χ0n) is 16.4. The number of ether oxygens (including phenoxy) is 3. The molecule has 0 bridgehead atoms. The smallest absolute Gasteiger partial charge is 0.325 e. The summed E-state index contributed by atoms with van der Waals surface area (Å²) in [5, 5.41) is 0. The molecule has 4 rings (SSSR count). The summed E-state index contributed by atoms with van der Waals surface area (Å²) in [6.45, 7) is 2.83. The number of methoxy groups -OCH3 is 2. The Bertz CT molecular complexity index is 762. The van der Waals surface area contributed by atoms with Crippen LogP contribution in [-0.2, 0) is 29.2 Å². The van der Waals surface area contributed by atoms with Gasteiger partial charge in [0.25, 0.3) is 0 Å². The number of anilines is 1. The first-order valence-electron chi connectivity index (χ1n) is 9.53. The van der Waals surface area contributed by atoms with Crippen LogP contribution in [0, 0.1) is 11.3 Å². The fraction of sp³-hybridized carbons (Fsp3) is 0.619. The van der Waals surface area contributed by atoms with Crippen LogP contribution in [0.15, 0.2) is 24.3 Å². The number of esters is 2. The zero-order valence-corrected chi connectivity index (χ0v) is 16.4. The lowest BCUT2D eigenvalue weighted by Crippen LogP contribution is -2.70. The highest BCUT2D eigenvalue weighted by Gasteiger charge is 2.72. The number of nitrogens with zero attached hydrogens (tertiary/aromatic N) is 1. The van der Waals surface area contributed by atoms with Crippen molar-refractivity contribution in [3.8, 4) is 0 Å². The van der Waals surface area contributed by atoms with Gasteiger partial charge in [0.2, 0.25) is 0 Å². The van der Waals surface area contributed by atoms with Gasteiger partial charge in [0, 0.05) is 24.8 Å². The standard InChI is InChI=1S/C21H27NO5/c1-20-14-9-5-6-10-15(14)22(2)17(20)21(18(23)25-3,19(24)26-4)12-13-8-7-11-27-16(13)20/h5-6,9-10,13,16-17H,7-8,11-12H2,1-4H3/t13-,16+,17-,20-/m1/s1. The summed E-state index contributed by atoms with van der Waals surface area (Å²) in [5.41, 5.74) is 0.244. The third kappa shape index (κ3) is 2.16. The van der Waals surface area contributed by atoms with Gasteiger partial charge in [-0.1, -0.05) is 25.1 Å². The van der Waals surface area contributed by atoms with Crippen LogP contribution in [0.1, 0.15) is 31.7 Å². The molecule has 27 heavy (non-hydrogen) atoms. The first kappa shape index (κ1) is 18.3. The fourth-order valence-corrected chi connectivity index (χ4v) is 6.15. The van der Waals surface area contributed by atoms with Crippen LogP contribution in [0.4, 0.5) is 5.69 Å². The van der Waals surface area contributed by atoms with Gasteiger partial charge in [-0.2, -0.15) is 0 Å². The maximum absolute atomic E-state index is 13.2. The third-order valence-corrected chi connectivity index (χ3v) is 7.01. The van der Waals surface area contributed by atoms with Gasteiger partial charge in [-0.3, -0.25) is 9.59 Å². The van der Waals surface area contributed by atoms with E-state index >= 15 is 0 Å². The molecule has 3 aliphatic rings. The molecule has 6 heteroatoms. The van der Waals surface area contributed by atoms with Crippen molar-refractivity contribution in [1.29, 1.82) is 0 Å². The maximum Gasteiger partial charge on any atom is 0.325 e. The Balaban J connectivity index is 1.99. The van der Waals surface area contributed by atoms with Crippen LogP contribution < -0.4 is 4.90 Å². The molecule has 2 heterocycles. The van der Waals surface area contributed by atoms with Gasteiger partial charge in [-0.25, -0.2) is 0 Å². The van der Waals surface area contributed by atoms with Crippen molar-refractivity contribution in [3.05, 3.63) is 29.8 Å². The number of carbonyl (C=O) groups is 2. The van der Waals surface area contributed by atoms with Gasteiger partial charge >= 0.3 is 11.9 Å². The van der Waals surface area contributed by atoms with Gasteiger partial charge in [-0.15, -0.1) is 0 Å². The number of benzene rings is 1. The van der Waals surface area contributed by atoms with Crippen molar-refractivity contribution in [2.45, 2.75) is 43.7 Å². The Morgan fingerprint density at radius 1 is 1.19 bits per heavy atom. The predicted octanol–water partition coefficient (Wildman–Crippen LogP) is 2.29. The molecule has 1 saturated carbocycles. The summed E-state index contributed by atoms with van der Waals surface area (Å²) in [6, 6.07) is 7.68. The molecule has 1 aromatic rings. The second kappa shape index (κ2) is 6.23. The van der Waals surface area contributed by atoms with Gasteiger partial charge in [0.05, 0.1) is 26.4 Å². The molecule has 1 saturated heterocycles. The molecule has 0 unspecified atom stereocenters. The van der Waals surface area contributed by atoms with Crippen molar-refractivity contribution >= 4 is 17.6 Å². The van der Waals surface area contributed by atoms with E-state index in [1.807, 2.05) is 25.2 Å². The first-order valence-corrected chi connectivity index (χ1v) is 9.53. The zero-order chi connectivity index (χ0) is 19.4. The van der Waals surface area contributed by atoms with Crippen LogP contribution in [0.5, 0.6) is 0 Å². The second-order valence-electron chi connectivity index (χ2n) is 8.17. The highest BCUT2D eigenvalue weighted by atomic mass is 16.5. The van der Waals surface area contributed by atoms with E-state index in [9.17, 15) is 9.59 Å². The number of para-hydroxylation sites is 1. The Kier molecular flexibility index (Phi) is 4.22. The monoisotopic (exact) mass is 373 g/mol. The second-order valence-corrected chi connectivity index (χ2v) is 8.17. The number of fused-ring (bicyclic) bond motifs is 5. The lowest BCUT2D eigenvalue weighted by molar-refractivity contribution is -0.189. The van der Waals surface area contributed by atoms with Crippen molar-refractivity contribution < 1.29 is 23.8 Å². The van der Waals surface area contributed by atoms with E-state index in [-0.39, 0.29) is 12.0 Å². The third-order valence-electron chi connectivity index (χ3n) is 7.01. The topological polar surface area (TPSA) is 65.1 Å². The summed E-state index contributed by atoms with van der Waals surface area (Å²) >= 11 is 0. The minimum atomic E-state index is -1.38. The van der Waals surface area contributed by atoms with Crippen LogP contribution >= 0.6 is 0 Å². The van der Waals surface area contributed by atoms with E-state index in [0.29, 0.717) is 13.0 Å². The van der Waals surface area contributed by atoms with Crippen LogP contribution in [0.25, 0.3) is 0 Å². The molecule has 1 aliphatic carbocycles. The van der Waals surface area contributed by atoms with E-state index in [1.165, 1.54) is 14.2 Å². The predicted molar refractivity (Wildman–Crippen MR) is 99.5 cm³/mol. The minimum Gasteiger partial charge on any atom is -0.468 e. The molecule has 0 aromatic heterocycles. The normalized spacial score (nSPS) is 33.5. The maximum atomic E-state index is 13.2. The van der Waals surface area contributed by atoms with E-state index < -0.39 is 28.8 Å². The van der Waals surface area contributed by atoms with Crippen molar-refractivity contribution in [1.82, 2.24) is 0 Å². The van der Waals surface area contributed by atoms with Crippen molar-refractivity contribution in [2.24, 2.45) is 11.3 Å². The fourth-order valence-electron chi connectivity index (χ4n) is 6.15. The molecule has 2 aliphatic heterocycles. The molecule has 0 spiro atoms. The Labute approximate surface area is 159 Å². The van der Waals surface area contributed by atoms with Gasteiger partial charge in [0.15, 0.2) is 5.41 Å². The summed E-state index contributed by atoms with van der Waals surface area (Å²) in [4.78, 5) is 28.4. The van der Waals surface area contributed by atoms with E-state index in [4.69, 9.17) is 14.2 Å². The molecule has 4 atom stereocenters. The largest absolute Gasteiger partial charge is 0.468 e. The number of carbonyl (C=O) groups excluding carboxylic acids is 2. The highest BCUT2D eigenvalue weighted by molar-refractivity contribution is 6.02. The lowest BCUT2D eigenvalue weighted by atomic mass is 9.52. The molecule has 0 amide bonds. The van der Waals surface area contributed by atoms with E-state index in [0.717, 1.165) is 24.1 Å². The molecule has 0 N–H and O–H groups in total. The number of likely N-dealkylation sites (N-methyl/N-ethyl adjacent to an activating group) is 1. The SMILES string of the molecule is COC(=O)C1(C(=O)OC)C[C@H]2CCCO[C@@H]2[C@@]2(C)c3ccccc3N(C)[C@@H]12. The first-order chi connectivity index (χ1) is 12.9. The number of hydrogen-bond acceptors (Lipinski definition) is 6. The van der Waals surface area contributed by atoms with Gasteiger partial charge in [0.1, 0.15) is 0 Å². The molecule has 6 nitrogen and oxygen atoms in total. The molecular weight excluding hydrogens is 346 g/mol. The number of hydrogen-bond donors (Lipinski definition) is 0. The van der Waals surface area contributed by atoms with E-state index in [1.54, 1.807) is 0 Å². The van der Waals surface area contributed by atoms with Crippen molar-refractivity contribution in [2.75, 3.05) is 32.8 Å². The quantitative estimate of drug-likeness (QED) is 0.585. The van der Waals surface area contributed by atoms with Gasteiger partial charge < -0.3 is 19.1 Å². The Morgan fingerprint density at radius 3 is 2.52 bits per heavy atom. The molecule has 1 aromatic carbocycles. The van der Waals surface area contributed by atoms with Crippen molar-refractivity contribution in [3.63, 3.8) is 0 Å².